The topological polar surface area (TPSA) is 61.9 Å². The Bertz CT molecular complexity index is 1050. The minimum absolute atomic E-state index is 0.0945. The average Bonchev–Trinajstić information content (AvgIpc) is 3.02. The number of benzene rings is 2. The highest BCUT2D eigenvalue weighted by molar-refractivity contribution is 5.94. The van der Waals surface area contributed by atoms with Crippen LogP contribution in [0.25, 0.3) is 11.0 Å². The third-order valence-electron chi connectivity index (χ3n) is 4.09. The summed E-state index contributed by atoms with van der Waals surface area (Å²) in [5.74, 6) is -2.70. The van der Waals surface area contributed by atoms with E-state index in [1.807, 2.05) is 6.07 Å². The van der Waals surface area contributed by atoms with Gasteiger partial charge in [-0.1, -0.05) is 24.3 Å². The number of nitriles is 1. The van der Waals surface area contributed by atoms with E-state index in [2.05, 4.69) is 4.98 Å². The predicted octanol–water partition coefficient (Wildman–Crippen LogP) is 4.14. The summed E-state index contributed by atoms with van der Waals surface area (Å²) in [6, 6.07) is 13.2. The molecule has 0 unspecified atom stereocenters. The number of imidazole rings is 1. The first-order chi connectivity index (χ1) is 13.3. The molecule has 0 atom stereocenters. The normalized spacial score (nSPS) is 11.4. The fourth-order valence-electron chi connectivity index (χ4n) is 2.88. The molecule has 1 amide bonds. The van der Waals surface area contributed by atoms with Crippen molar-refractivity contribution in [3.8, 4) is 6.07 Å². The molecule has 1 heterocycles. The molecule has 0 aliphatic heterocycles. The van der Waals surface area contributed by atoms with Gasteiger partial charge in [-0.2, -0.15) is 18.4 Å². The first-order valence-electron chi connectivity index (χ1n) is 8.27. The molecule has 0 aliphatic carbocycles. The second-order valence-corrected chi connectivity index (χ2v) is 5.91. The third kappa shape index (κ3) is 3.81. The van der Waals surface area contributed by atoms with E-state index in [1.165, 1.54) is 36.4 Å². The minimum atomic E-state index is -4.77. The van der Waals surface area contributed by atoms with Crippen LogP contribution >= 0.6 is 0 Å². The summed E-state index contributed by atoms with van der Waals surface area (Å²) in [6.07, 6.45) is -4.87. The quantitative estimate of drug-likeness (QED) is 0.615. The lowest BCUT2D eigenvalue weighted by molar-refractivity contribution is -0.147. The van der Waals surface area contributed by atoms with Gasteiger partial charge in [-0.15, -0.1) is 0 Å². The number of anilines is 1. The maximum absolute atomic E-state index is 14.2. The highest BCUT2D eigenvalue weighted by Gasteiger charge is 2.38. The van der Waals surface area contributed by atoms with E-state index < -0.39 is 30.3 Å². The summed E-state index contributed by atoms with van der Waals surface area (Å²) in [5, 5.41) is 8.82. The summed E-state index contributed by atoms with van der Waals surface area (Å²) in [4.78, 5) is 17.4. The second-order valence-electron chi connectivity index (χ2n) is 5.91. The van der Waals surface area contributed by atoms with Gasteiger partial charge in [0, 0.05) is 6.54 Å². The van der Waals surface area contributed by atoms with Crippen molar-refractivity contribution in [3.63, 3.8) is 0 Å². The van der Waals surface area contributed by atoms with E-state index in [9.17, 15) is 22.4 Å². The van der Waals surface area contributed by atoms with Crippen molar-refractivity contribution in [2.24, 2.45) is 0 Å². The largest absolute Gasteiger partial charge is 0.449 e. The number of halogens is 4. The van der Waals surface area contributed by atoms with Crippen LogP contribution in [-0.4, -0.2) is 22.0 Å². The molecular weight excluding hydrogens is 376 g/mol. The smallest absolute Gasteiger partial charge is 0.311 e. The number of amides is 1. The molecule has 3 aromatic rings. The molecule has 0 N–H and O–H groups in total. The van der Waals surface area contributed by atoms with Gasteiger partial charge in [0.05, 0.1) is 29.2 Å². The van der Waals surface area contributed by atoms with Crippen LogP contribution in [0.15, 0.2) is 48.5 Å². The second kappa shape index (κ2) is 7.68. The summed E-state index contributed by atoms with van der Waals surface area (Å²) in [6.45, 7) is -0.848. The number of hydrogen-bond acceptors (Lipinski definition) is 3. The van der Waals surface area contributed by atoms with Gasteiger partial charge in [0.25, 0.3) is 0 Å². The zero-order valence-corrected chi connectivity index (χ0v) is 14.4. The van der Waals surface area contributed by atoms with Gasteiger partial charge >= 0.3 is 6.18 Å². The van der Waals surface area contributed by atoms with Crippen molar-refractivity contribution in [1.29, 1.82) is 5.26 Å². The Morgan fingerprint density at radius 1 is 1.14 bits per heavy atom. The summed E-state index contributed by atoms with van der Waals surface area (Å²) >= 11 is 0. The van der Waals surface area contributed by atoms with Gasteiger partial charge in [0.1, 0.15) is 12.4 Å². The van der Waals surface area contributed by atoms with Gasteiger partial charge in [0.2, 0.25) is 11.7 Å². The van der Waals surface area contributed by atoms with Crippen LogP contribution in [0.1, 0.15) is 12.2 Å². The van der Waals surface area contributed by atoms with Crippen LogP contribution in [0.4, 0.5) is 23.2 Å². The molecule has 3 rings (SSSR count). The molecule has 5 nitrogen and oxygen atoms in total. The number of carbonyl (C=O) groups excluding carboxylic acids is 1. The maximum atomic E-state index is 14.2. The fourth-order valence-corrected chi connectivity index (χ4v) is 2.88. The van der Waals surface area contributed by atoms with E-state index in [4.69, 9.17) is 5.26 Å². The van der Waals surface area contributed by atoms with Crippen LogP contribution in [0.2, 0.25) is 0 Å². The Morgan fingerprint density at radius 2 is 1.82 bits per heavy atom. The Hall–Kier alpha value is -3.41. The molecule has 2 aromatic carbocycles. The number of para-hydroxylation sites is 3. The molecule has 0 bridgehead atoms. The van der Waals surface area contributed by atoms with Crippen molar-refractivity contribution < 1.29 is 22.4 Å². The van der Waals surface area contributed by atoms with Crippen molar-refractivity contribution in [1.82, 2.24) is 9.55 Å². The zero-order chi connectivity index (χ0) is 20.3. The average molecular weight is 390 g/mol. The SMILES string of the molecule is N#CCCN(C(=O)Cn1c(C(F)(F)F)nc2ccccc21)c1ccccc1F. The van der Waals surface area contributed by atoms with Crippen molar-refractivity contribution in [2.75, 3.05) is 11.4 Å². The fraction of sp³-hybridized carbons (Fsp3) is 0.211. The van der Waals surface area contributed by atoms with Crippen molar-refractivity contribution in [2.45, 2.75) is 19.1 Å². The van der Waals surface area contributed by atoms with Crippen LogP contribution in [0.5, 0.6) is 0 Å². The van der Waals surface area contributed by atoms with E-state index in [0.29, 0.717) is 0 Å². The maximum Gasteiger partial charge on any atom is 0.449 e. The zero-order valence-electron chi connectivity index (χ0n) is 14.4. The highest BCUT2D eigenvalue weighted by Crippen LogP contribution is 2.32. The standard InChI is InChI=1S/C19H14F4N4O/c20-13-6-1-3-8-15(13)26(11-5-10-24)17(28)12-27-16-9-4-2-7-14(16)25-18(27)19(21,22)23/h1-4,6-9H,5,11-12H2. The molecule has 0 saturated carbocycles. The lowest BCUT2D eigenvalue weighted by atomic mass is 10.2. The molecule has 1 aromatic heterocycles. The number of alkyl halides is 3. The number of nitrogens with zero attached hydrogens (tertiary/aromatic N) is 4. The Labute approximate surface area is 157 Å². The summed E-state index contributed by atoms with van der Waals surface area (Å²) in [7, 11) is 0. The van der Waals surface area contributed by atoms with Gasteiger partial charge in [-0.3, -0.25) is 4.79 Å². The van der Waals surface area contributed by atoms with Gasteiger partial charge in [-0.25, -0.2) is 9.37 Å². The monoisotopic (exact) mass is 390 g/mol. The van der Waals surface area contributed by atoms with Gasteiger partial charge in [-0.05, 0) is 24.3 Å². The lowest BCUT2D eigenvalue weighted by Gasteiger charge is -2.23. The number of carbonyl (C=O) groups is 1. The molecule has 9 heteroatoms. The molecule has 0 radical (unpaired) electrons. The van der Waals surface area contributed by atoms with Crippen LogP contribution in [-0.2, 0) is 17.5 Å². The lowest BCUT2D eigenvalue weighted by Crippen LogP contribution is -2.36. The van der Waals surface area contributed by atoms with Gasteiger partial charge < -0.3 is 9.47 Å². The van der Waals surface area contributed by atoms with Crippen LogP contribution in [0.3, 0.4) is 0 Å². The number of hydrogen-bond donors (Lipinski definition) is 0. The predicted molar refractivity (Wildman–Crippen MR) is 93.7 cm³/mol. The molecular formula is C19H14F4N4O. The van der Waals surface area contributed by atoms with Gasteiger partial charge in [0.15, 0.2) is 0 Å². The molecule has 144 valence electrons. The van der Waals surface area contributed by atoms with Crippen LogP contribution < -0.4 is 4.90 Å². The first-order valence-corrected chi connectivity index (χ1v) is 8.27. The Kier molecular flexibility index (Phi) is 5.31. The molecule has 28 heavy (non-hydrogen) atoms. The highest BCUT2D eigenvalue weighted by atomic mass is 19.4. The molecule has 0 fully saturated rings. The molecule has 0 saturated heterocycles. The summed E-state index contributed by atoms with van der Waals surface area (Å²) < 4.78 is 55.2. The Balaban J connectivity index is 2.03. The number of fused-ring (bicyclic) bond motifs is 1. The van der Waals surface area contributed by atoms with E-state index >= 15 is 0 Å². The minimum Gasteiger partial charge on any atom is -0.311 e. The van der Waals surface area contributed by atoms with E-state index in [-0.39, 0.29) is 29.7 Å². The van der Waals surface area contributed by atoms with Crippen molar-refractivity contribution in [3.05, 3.63) is 60.2 Å². The van der Waals surface area contributed by atoms with Crippen LogP contribution in [0, 0.1) is 17.1 Å². The molecule has 0 spiro atoms. The summed E-state index contributed by atoms with van der Waals surface area (Å²) in [5.41, 5.74) is 0.134. The third-order valence-corrected chi connectivity index (χ3v) is 4.09. The first kappa shape index (κ1) is 19.4. The van der Waals surface area contributed by atoms with E-state index in [0.717, 1.165) is 15.5 Å². The van der Waals surface area contributed by atoms with E-state index in [1.54, 1.807) is 6.07 Å². The Morgan fingerprint density at radius 3 is 2.50 bits per heavy atom. The number of aromatic nitrogens is 2. The van der Waals surface area contributed by atoms with Crippen molar-refractivity contribution >= 4 is 22.6 Å². The number of rotatable bonds is 5. The molecule has 0 aliphatic rings.